The fraction of sp³-hybridized carbons (Fsp3) is 0.182. The Hall–Kier alpha value is -1.57. The smallest absolute Gasteiger partial charge is 0.119 e. The minimum Gasteiger partial charge on any atom is -0.497 e. The number of methoxy groups -OCH3 is 1. The first kappa shape index (κ1) is 8.05. The number of hydrogen-bond acceptors (Lipinski definition) is 2. The molecule has 0 N–H and O–H groups in total. The second kappa shape index (κ2) is 3.05. The molecule has 1 aromatic carbocycles. The molecule has 0 saturated carbocycles. The fourth-order valence-corrected chi connectivity index (χ4v) is 1.43. The Bertz CT molecular complexity index is 437. The van der Waals surface area contributed by atoms with Crippen LogP contribution in [0.4, 0.5) is 0 Å². The number of aryl methyl sites for hydroxylation is 1. The number of aromatic nitrogens is 1. The van der Waals surface area contributed by atoms with Crippen LogP contribution in [0, 0.1) is 6.92 Å². The first-order valence-electron chi connectivity index (χ1n) is 4.20. The van der Waals surface area contributed by atoms with Crippen molar-refractivity contribution in [2.45, 2.75) is 6.92 Å². The van der Waals surface area contributed by atoms with Gasteiger partial charge in [0.15, 0.2) is 0 Å². The number of hydrogen-bond donors (Lipinski definition) is 0. The van der Waals surface area contributed by atoms with Crippen molar-refractivity contribution in [2.75, 3.05) is 7.11 Å². The van der Waals surface area contributed by atoms with Gasteiger partial charge >= 0.3 is 0 Å². The molecule has 2 nitrogen and oxygen atoms in total. The van der Waals surface area contributed by atoms with Crippen LogP contribution in [0.2, 0.25) is 0 Å². The van der Waals surface area contributed by atoms with Crippen molar-refractivity contribution >= 4 is 10.8 Å². The molecule has 0 saturated heterocycles. The zero-order valence-corrected chi connectivity index (χ0v) is 7.74. The maximum absolute atomic E-state index is 5.14. The molecule has 0 unspecified atom stereocenters. The van der Waals surface area contributed by atoms with Crippen molar-refractivity contribution in [3.8, 4) is 5.75 Å². The van der Waals surface area contributed by atoms with E-state index in [0.29, 0.717) is 0 Å². The van der Waals surface area contributed by atoms with Crippen LogP contribution in [0.25, 0.3) is 10.8 Å². The first-order valence-corrected chi connectivity index (χ1v) is 4.20. The molecule has 66 valence electrons. The summed E-state index contributed by atoms with van der Waals surface area (Å²) in [5.41, 5.74) is 1.06. The minimum atomic E-state index is 0.887. The van der Waals surface area contributed by atoms with Gasteiger partial charge in [0.05, 0.1) is 7.11 Å². The molecule has 1 heterocycles. The van der Waals surface area contributed by atoms with E-state index in [-0.39, 0.29) is 0 Å². The van der Waals surface area contributed by atoms with Gasteiger partial charge in [-0.25, -0.2) is 0 Å². The molecule has 0 aliphatic heterocycles. The van der Waals surface area contributed by atoms with Gasteiger partial charge in [0.1, 0.15) is 5.75 Å². The molecule has 0 spiro atoms. The van der Waals surface area contributed by atoms with E-state index in [1.807, 2.05) is 37.4 Å². The summed E-state index contributed by atoms with van der Waals surface area (Å²) in [4.78, 5) is 4.22. The molecular weight excluding hydrogens is 162 g/mol. The monoisotopic (exact) mass is 173 g/mol. The van der Waals surface area contributed by atoms with Crippen LogP contribution in [-0.2, 0) is 0 Å². The molecule has 0 bridgehead atoms. The lowest BCUT2D eigenvalue weighted by Crippen LogP contribution is -1.85. The molecule has 0 atom stereocenters. The summed E-state index contributed by atoms with van der Waals surface area (Å²) in [6.07, 6.45) is 1.82. The highest BCUT2D eigenvalue weighted by molar-refractivity contribution is 5.85. The normalized spacial score (nSPS) is 10.3. The third-order valence-electron chi connectivity index (χ3n) is 2.17. The van der Waals surface area contributed by atoms with Gasteiger partial charge in [-0.05, 0) is 36.6 Å². The summed E-state index contributed by atoms with van der Waals surface area (Å²) in [7, 11) is 1.68. The molecule has 0 radical (unpaired) electrons. The Labute approximate surface area is 77.2 Å². The van der Waals surface area contributed by atoms with E-state index < -0.39 is 0 Å². The third-order valence-corrected chi connectivity index (χ3v) is 2.17. The Morgan fingerprint density at radius 1 is 1.23 bits per heavy atom. The lowest BCUT2D eigenvalue weighted by Gasteiger charge is -2.03. The van der Waals surface area contributed by atoms with Crippen molar-refractivity contribution in [1.29, 1.82) is 0 Å². The van der Waals surface area contributed by atoms with E-state index >= 15 is 0 Å². The average molecular weight is 173 g/mol. The van der Waals surface area contributed by atoms with Crippen molar-refractivity contribution < 1.29 is 4.74 Å². The molecule has 0 amide bonds. The molecule has 2 heteroatoms. The summed E-state index contributed by atoms with van der Waals surface area (Å²) in [6, 6.07) is 8.00. The van der Waals surface area contributed by atoms with Gasteiger partial charge < -0.3 is 4.74 Å². The lowest BCUT2D eigenvalue weighted by atomic mass is 10.1. The van der Waals surface area contributed by atoms with Gasteiger partial charge in [-0.2, -0.15) is 0 Å². The predicted octanol–water partition coefficient (Wildman–Crippen LogP) is 2.55. The standard InChI is InChI=1S/C11H11NO/c1-8-11-4-3-10(13-2)7-9(11)5-6-12-8/h3-7H,1-2H3. The van der Waals surface area contributed by atoms with E-state index in [9.17, 15) is 0 Å². The SMILES string of the molecule is COc1ccc2c(C)nccc2c1. The summed E-state index contributed by atoms with van der Waals surface area (Å²) in [5, 5.41) is 2.36. The highest BCUT2D eigenvalue weighted by atomic mass is 16.5. The van der Waals surface area contributed by atoms with E-state index in [1.54, 1.807) is 7.11 Å². The highest BCUT2D eigenvalue weighted by Gasteiger charge is 1.98. The molecule has 0 aliphatic rings. The van der Waals surface area contributed by atoms with Crippen molar-refractivity contribution in [2.24, 2.45) is 0 Å². The summed E-state index contributed by atoms with van der Waals surface area (Å²) in [6.45, 7) is 2.01. The highest BCUT2D eigenvalue weighted by Crippen LogP contribution is 2.21. The van der Waals surface area contributed by atoms with Gasteiger partial charge in [0.2, 0.25) is 0 Å². The predicted molar refractivity (Wildman–Crippen MR) is 53.0 cm³/mol. The summed E-state index contributed by atoms with van der Waals surface area (Å²) in [5.74, 6) is 0.887. The second-order valence-electron chi connectivity index (χ2n) is 2.98. The Morgan fingerprint density at radius 2 is 2.08 bits per heavy atom. The zero-order chi connectivity index (χ0) is 9.26. The second-order valence-corrected chi connectivity index (χ2v) is 2.98. The van der Waals surface area contributed by atoms with Crippen LogP contribution in [0.5, 0.6) is 5.75 Å². The van der Waals surface area contributed by atoms with Crippen LogP contribution >= 0.6 is 0 Å². The molecule has 0 aliphatic carbocycles. The van der Waals surface area contributed by atoms with Crippen LogP contribution in [0.3, 0.4) is 0 Å². The lowest BCUT2D eigenvalue weighted by molar-refractivity contribution is 0.415. The first-order chi connectivity index (χ1) is 6.31. The van der Waals surface area contributed by atoms with Crippen molar-refractivity contribution in [3.63, 3.8) is 0 Å². The van der Waals surface area contributed by atoms with E-state index in [4.69, 9.17) is 4.74 Å². The molecule has 1 aromatic heterocycles. The van der Waals surface area contributed by atoms with Crippen LogP contribution in [0.15, 0.2) is 30.5 Å². The van der Waals surface area contributed by atoms with Crippen molar-refractivity contribution in [1.82, 2.24) is 4.98 Å². The topological polar surface area (TPSA) is 22.1 Å². The number of ether oxygens (including phenoxy) is 1. The fourth-order valence-electron chi connectivity index (χ4n) is 1.43. The summed E-state index contributed by atoms with van der Waals surface area (Å²) >= 11 is 0. The number of rotatable bonds is 1. The van der Waals surface area contributed by atoms with Gasteiger partial charge in [0, 0.05) is 17.3 Å². The molecule has 2 aromatic rings. The minimum absolute atomic E-state index is 0.887. The number of nitrogens with zero attached hydrogens (tertiary/aromatic N) is 1. The summed E-state index contributed by atoms with van der Waals surface area (Å²) < 4.78 is 5.14. The molecule has 0 fully saturated rings. The molecular formula is C11H11NO. The Balaban J connectivity index is 2.72. The van der Waals surface area contributed by atoms with Crippen LogP contribution in [-0.4, -0.2) is 12.1 Å². The van der Waals surface area contributed by atoms with Gasteiger partial charge in [-0.3, -0.25) is 4.98 Å². The molecule has 2 rings (SSSR count). The number of benzene rings is 1. The Morgan fingerprint density at radius 3 is 2.85 bits per heavy atom. The van der Waals surface area contributed by atoms with Gasteiger partial charge in [-0.1, -0.05) is 0 Å². The maximum Gasteiger partial charge on any atom is 0.119 e. The third kappa shape index (κ3) is 1.35. The zero-order valence-electron chi connectivity index (χ0n) is 7.74. The average Bonchev–Trinajstić information content (AvgIpc) is 2.18. The Kier molecular flexibility index (Phi) is 1.89. The largest absolute Gasteiger partial charge is 0.497 e. The van der Waals surface area contributed by atoms with E-state index in [1.165, 1.54) is 10.8 Å². The van der Waals surface area contributed by atoms with Gasteiger partial charge in [0.25, 0.3) is 0 Å². The maximum atomic E-state index is 5.14. The van der Waals surface area contributed by atoms with Crippen molar-refractivity contribution in [3.05, 3.63) is 36.2 Å². The number of fused-ring (bicyclic) bond motifs is 1. The van der Waals surface area contributed by atoms with Crippen LogP contribution in [0.1, 0.15) is 5.69 Å². The van der Waals surface area contributed by atoms with Gasteiger partial charge in [-0.15, -0.1) is 0 Å². The van der Waals surface area contributed by atoms with E-state index in [2.05, 4.69) is 4.98 Å². The van der Waals surface area contributed by atoms with Crippen LogP contribution < -0.4 is 4.74 Å². The van der Waals surface area contributed by atoms with E-state index in [0.717, 1.165) is 11.4 Å². The molecule has 13 heavy (non-hydrogen) atoms. The quantitative estimate of drug-likeness (QED) is 0.661. The number of pyridine rings is 1.